The van der Waals surface area contributed by atoms with Gasteiger partial charge in [0, 0.05) is 13.0 Å². The van der Waals surface area contributed by atoms with Crippen LogP contribution in [0.1, 0.15) is 25.7 Å². The van der Waals surface area contributed by atoms with E-state index in [4.69, 9.17) is 5.11 Å². The second-order valence-electron chi connectivity index (χ2n) is 3.43. The molecule has 78 valence electrons. The fourth-order valence-electron chi connectivity index (χ4n) is 1.73. The van der Waals surface area contributed by atoms with Gasteiger partial charge in [-0.1, -0.05) is 6.08 Å². The minimum Gasteiger partial charge on any atom is -0.480 e. The normalized spacial score (nSPS) is 21.7. The van der Waals surface area contributed by atoms with Crippen molar-refractivity contribution in [3.05, 3.63) is 12.7 Å². The van der Waals surface area contributed by atoms with E-state index in [1.165, 1.54) is 11.0 Å². The molecular weight excluding hydrogens is 182 g/mol. The number of carbonyl (C=O) groups excluding carboxylic acids is 1. The van der Waals surface area contributed by atoms with Crippen LogP contribution in [-0.2, 0) is 9.59 Å². The van der Waals surface area contributed by atoms with E-state index in [1.807, 2.05) is 0 Å². The number of likely N-dealkylation sites (tertiary alicyclic amines) is 1. The van der Waals surface area contributed by atoms with Gasteiger partial charge in [-0.05, 0) is 19.3 Å². The third-order valence-electron chi connectivity index (χ3n) is 2.43. The molecule has 1 rings (SSSR count). The zero-order valence-electron chi connectivity index (χ0n) is 8.11. The molecule has 0 spiro atoms. The van der Waals surface area contributed by atoms with Gasteiger partial charge in [0.1, 0.15) is 6.04 Å². The van der Waals surface area contributed by atoms with Crippen molar-refractivity contribution in [1.29, 1.82) is 0 Å². The number of rotatable bonds is 3. The predicted octanol–water partition coefficient (Wildman–Crippen LogP) is 1.03. The van der Waals surface area contributed by atoms with E-state index in [0.29, 0.717) is 13.0 Å². The number of nitrogens with zero attached hydrogens (tertiary/aromatic N) is 1. The Morgan fingerprint density at radius 1 is 1.50 bits per heavy atom. The van der Waals surface area contributed by atoms with Gasteiger partial charge in [-0.15, -0.1) is 6.58 Å². The Hall–Kier alpha value is -1.32. The molecule has 0 bridgehead atoms. The number of carboxylic acid groups (broad SMARTS) is 1. The molecule has 4 heteroatoms. The van der Waals surface area contributed by atoms with Gasteiger partial charge in [0.15, 0.2) is 0 Å². The molecule has 1 heterocycles. The van der Waals surface area contributed by atoms with Crippen LogP contribution in [0, 0.1) is 0 Å². The van der Waals surface area contributed by atoms with Crippen LogP contribution < -0.4 is 0 Å². The lowest BCUT2D eigenvalue weighted by atomic mass is 10.0. The molecule has 1 aliphatic rings. The minimum atomic E-state index is -0.901. The first-order valence-electron chi connectivity index (χ1n) is 4.80. The summed E-state index contributed by atoms with van der Waals surface area (Å²) in [6, 6.07) is -0.629. The zero-order chi connectivity index (χ0) is 10.6. The van der Waals surface area contributed by atoms with E-state index < -0.39 is 12.0 Å². The van der Waals surface area contributed by atoms with Crippen LogP contribution in [0.4, 0.5) is 0 Å². The summed E-state index contributed by atoms with van der Waals surface area (Å²) in [5, 5.41) is 8.91. The maximum atomic E-state index is 11.5. The number of carboxylic acids is 1. The van der Waals surface area contributed by atoms with Crippen molar-refractivity contribution in [2.45, 2.75) is 31.7 Å². The number of carbonyl (C=O) groups is 2. The average molecular weight is 197 g/mol. The van der Waals surface area contributed by atoms with E-state index in [0.717, 1.165) is 12.8 Å². The van der Waals surface area contributed by atoms with Gasteiger partial charge < -0.3 is 10.0 Å². The molecule has 0 aromatic rings. The van der Waals surface area contributed by atoms with E-state index in [1.54, 1.807) is 0 Å². The van der Waals surface area contributed by atoms with Gasteiger partial charge in [-0.25, -0.2) is 4.79 Å². The summed E-state index contributed by atoms with van der Waals surface area (Å²) in [7, 11) is 0. The minimum absolute atomic E-state index is 0.132. The van der Waals surface area contributed by atoms with Crippen molar-refractivity contribution >= 4 is 11.9 Å². The number of hydrogen-bond donors (Lipinski definition) is 1. The third kappa shape index (κ3) is 2.34. The molecule has 0 aromatic carbocycles. The highest BCUT2D eigenvalue weighted by atomic mass is 16.4. The molecule has 1 fully saturated rings. The molecular formula is C10H15NO3. The van der Waals surface area contributed by atoms with Crippen LogP contribution in [0.25, 0.3) is 0 Å². The molecule has 4 nitrogen and oxygen atoms in total. The van der Waals surface area contributed by atoms with Crippen molar-refractivity contribution in [3.63, 3.8) is 0 Å². The van der Waals surface area contributed by atoms with Crippen LogP contribution in [-0.4, -0.2) is 34.5 Å². The Morgan fingerprint density at radius 3 is 2.79 bits per heavy atom. The highest BCUT2D eigenvalue weighted by molar-refractivity contribution is 5.84. The van der Waals surface area contributed by atoms with E-state index in [2.05, 4.69) is 6.58 Å². The maximum Gasteiger partial charge on any atom is 0.326 e. The van der Waals surface area contributed by atoms with Crippen molar-refractivity contribution in [1.82, 2.24) is 4.90 Å². The fourth-order valence-corrected chi connectivity index (χ4v) is 1.73. The maximum absolute atomic E-state index is 11.5. The SMILES string of the molecule is C=CCC(=O)N1CCCC[C@@H]1C(=O)O. The molecule has 1 atom stereocenters. The summed E-state index contributed by atoms with van der Waals surface area (Å²) in [6.07, 6.45) is 4.08. The monoisotopic (exact) mass is 197 g/mol. The van der Waals surface area contributed by atoms with Crippen molar-refractivity contribution in [2.75, 3.05) is 6.54 Å². The van der Waals surface area contributed by atoms with E-state index >= 15 is 0 Å². The highest BCUT2D eigenvalue weighted by Crippen LogP contribution is 2.18. The second kappa shape index (κ2) is 4.79. The molecule has 1 aliphatic heterocycles. The van der Waals surface area contributed by atoms with Crippen LogP contribution in [0.2, 0.25) is 0 Å². The number of amides is 1. The number of piperidine rings is 1. The van der Waals surface area contributed by atoms with Gasteiger partial charge in [-0.3, -0.25) is 4.79 Å². The van der Waals surface area contributed by atoms with Crippen LogP contribution in [0.5, 0.6) is 0 Å². The van der Waals surface area contributed by atoms with E-state index in [9.17, 15) is 9.59 Å². The summed E-state index contributed by atoms with van der Waals surface area (Å²) >= 11 is 0. The Bertz CT molecular complexity index is 250. The number of hydrogen-bond acceptors (Lipinski definition) is 2. The fraction of sp³-hybridized carbons (Fsp3) is 0.600. The lowest BCUT2D eigenvalue weighted by molar-refractivity contribution is -0.151. The molecule has 1 amide bonds. The van der Waals surface area contributed by atoms with Gasteiger partial charge in [0.05, 0.1) is 0 Å². The summed E-state index contributed by atoms with van der Waals surface area (Å²) in [5.74, 6) is -1.03. The van der Waals surface area contributed by atoms with Crippen LogP contribution >= 0.6 is 0 Å². The molecule has 0 saturated carbocycles. The largest absolute Gasteiger partial charge is 0.480 e. The summed E-state index contributed by atoms with van der Waals surface area (Å²) in [4.78, 5) is 23.8. The Labute approximate surface area is 83.2 Å². The molecule has 0 unspecified atom stereocenters. The van der Waals surface area contributed by atoms with Crippen molar-refractivity contribution < 1.29 is 14.7 Å². The zero-order valence-corrected chi connectivity index (χ0v) is 8.11. The first-order valence-corrected chi connectivity index (χ1v) is 4.80. The Morgan fingerprint density at radius 2 is 2.21 bits per heavy atom. The van der Waals surface area contributed by atoms with Gasteiger partial charge in [0.25, 0.3) is 0 Å². The van der Waals surface area contributed by atoms with Crippen molar-refractivity contribution in [3.8, 4) is 0 Å². The molecule has 0 radical (unpaired) electrons. The van der Waals surface area contributed by atoms with Crippen LogP contribution in [0.15, 0.2) is 12.7 Å². The molecule has 1 N–H and O–H groups in total. The highest BCUT2D eigenvalue weighted by Gasteiger charge is 2.30. The third-order valence-corrected chi connectivity index (χ3v) is 2.43. The summed E-state index contributed by atoms with van der Waals surface area (Å²) in [5.41, 5.74) is 0. The number of aliphatic carboxylic acids is 1. The Balaban J connectivity index is 2.66. The van der Waals surface area contributed by atoms with E-state index in [-0.39, 0.29) is 12.3 Å². The van der Waals surface area contributed by atoms with Crippen LogP contribution in [0.3, 0.4) is 0 Å². The van der Waals surface area contributed by atoms with Gasteiger partial charge in [0.2, 0.25) is 5.91 Å². The van der Waals surface area contributed by atoms with Gasteiger partial charge in [-0.2, -0.15) is 0 Å². The Kier molecular flexibility index (Phi) is 3.68. The topological polar surface area (TPSA) is 57.6 Å². The first kappa shape index (κ1) is 10.8. The lowest BCUT2D eigenvalue weighted by Gasteiger charge is -2.32. The molecule has 1 saturated heterocycles. The molecule has 0 aromatic heterocycles. The molecule has 0 aliphatic carbocycles. The average Bonchev–Trinajstić information content (AvgIpc) is 2.18. The lowest BCUT2D eigenvalue weighted by Crippen LogP contribution is -2.47. The summed E-state index contributed by atoms with van der Waals surface area (Å²) in [6.45, 7) is 4.03. The van der Waals surface area contributed by atoms with Gasteiger partial charge >= 0.3 is 5.97 Å². The smallest absolute Gasteiger partial charge is 0.326 e. The van der Waals surface area contributed by atoms with Crippen molar-refractivity contribution in [2.24, 2.45) is 0 Å². The quantitative estimate of drug-likeness (QED) is 0.687. The molecule has 14 heavy (non-hydrogen) atoms. The first-order chi connectivity index (χ1) is 6.66. The summed E-state index contributed by atoms with van der Waals surface area (Å²) < 4.78 is 0. The standard InChI is InChI=1S/C10H15NO3/c1-2-5-9(12)11-7-4-3-6-8(11)10(13)14/h2,8H,1,3-7H2,(H,13,14)/t8-/m1/s1. The predicted molar refractivity (Wildman–Crippen MR) is 51.8 cm³/mol. The second-order valence-corrected chi connectivity index (χ2v) is 3.43.